The van der Waals surface area contributed by atoms with Crippen molar-refractivity contribution >= 4 is 29.0 Å². The topological polar surface area (TPSA) is 142 Å². The van der Waals surface area contributed by atoms with E-state index < -0.39 is 41.2 Å². The van der Waals surface area contributed by atoms with E-state index in [-0.39, 0.29) is 18.0 Å². The molecule has 41 heavy (non-hydrogen) atoms. The molecule has 0 unspecified atom stereocenters. The number of aromatic hydroxyl groups is 1. The highest BCUT2D eigenvalue weighted by atomic mass is 19.1. The summed E-state index contributed by atoms with van der Waals surface area (Å²) < 4.78 is 24.2. The molecule has 0 saturated heterocycles. The van der Waals surface area contributed by atoms with Crippen LogP contribution in [0, 0.1) is 5.82 Å². The average Bonchev–Trinajstić information content (AvgIpc) is 3.24. The number of aromatic nitrogens is 1. The molecule has 2 aromatic carbocycles. The Morgan fingerprint density at radius 3 is 2.20 bits per heavy atom. The van der Waals surface area contributed by atoms with Crippen molar-refractivity contribution in [2.45, 2.75) is 71.6 Å². The van der Waals surface area contributed by atoms with Gasteiger partial charge in [-0.05, 0) is 78.1 Å². The lowest BCUT2D eigenvalue weighted by Gasteiger charge is -2.24. The maximum Gasteiger partial charge on any atom is 0.407 e. The number of phenols is 1. The third kappa shape index (κ3) is 9.40. The van der Waals surface area contributed by atoms with Crippen LogP contribution in [0.4, 0.5) is 14.0 Å². The van der Waals surface area contributed by atoms with E-state index in [9.17, 15) is 23.9 Å². The summed E-state index contributed by atoms with van der Waals surface area (Å²) in [7, 11) is 0. The van der Waals surface area contributed by atoms with E-state index in [1.807, 2.05) is 0 Å². The number of hydrogen-bond acceptors (Lipinski definition) is 6. The first-order valence-corrected chi connectivity index (χ1v) is 13.5. The molecule has 3 aromatic rings. The van der Waals surface area contributed by atoms with Crippen LogP contribution in [0.15, 0.2) is 42.5 Å². The average molecular weight is 571 g/mol. The number of alkyl carbamates (subject to hydrolysis) is 2. The molecule has 1 atom stereocenters. The van der Waals surface area contributed by atoms with Crippen LogP contribution < -0.4 is 16.0 Å². The van der Waals surface area contributed by atoms with Crippen LogP contribution in [0.1, 0.15) is 64.9 Å². The zero-order valence-corrected chi connectivity index (χ0v) is 24.3. The van der Waals surface area contributed by atoms with Gasteiger partial charge in [0.15, 0.2) is 0 Å². The van der Waals surface area contributed by atoms with Crippen LogP contribution in [0.5, 0.6) is 5.75 Å². The van der Waals surface area contributed by atoms with Crippen LogP contribution in [-0.2, 0) is 9.47 Å². The lowest BCUT2D eigenvalue weighted by Crippen LogP contribution is -2.46. The molecule has 11 heteroatoms. The number of rotatable bonds is 9. The van der Waals surface area contributed by atoms with E-state index in [1.165, 1.54) is 18.2 Å². The zero-order valence-electron chi connectivity index (χ0n) is 24.3. The SMILES string of the molecule is CC(C)(C)OC(=O)NCCC[C@@H](CNC(=O)c1[nH]c2c(O)cccc2c1-c1ccc(F)cc1)NC(=O)OC(C)(C)C. The Balaban J connectivity index is 1.76. The van der Waals surface area contributed by atoms with Crippen molar-refractivity contribution in [3.63, 3.8) is 0 Å². The first-order valence-electron chi connectivity index (χ1n) is 13.5. The van der Waals surface area contributed by atoms with E-state index in [2.05, 4.69) is 20.9 Å². The van der Waals surface area contributed by atoms with Gasteiger partial charge in [0.05, 0.1) is 5.52 Å². The highest BCUT2D eigenvalue weighted by Gasteiger charge is 2.24. The molecule has 0 aliphatic heterocycles. The first-order chi connectivity index (χ1) is 19.1. The molecule has 0 aliphatic rings. The van der Waals surface area contributed by atoms with Crippen LogP contribution in [0.3, 0.4) is 0 Å². The molecule has 222 valence electrons. The second-order valence-corrected chi connectivity index (χ2v) is 11.7. The third-order valence-electron chi connectivity index (χ3n) is 5.80. The van der Waals surface area contributed by atoms with Gasteiger partial charge in [-0.15, -0.1) is 0 Å². The minimum absolute atomic E-state index is 0.0353. The van der Waals surface area contributed by atoms with Crippen molar-refractivity contribution in [2.75, 3.05) is 13.1 Å². The van der Waals surface area contributed by atoms with Crippen molar-refractivity contribution in [1.29, 1.82) is 0 Å². The molecule has 0 bridgehead atoms. The van der Waals surface area contributed by atoms with E-state index >= 15 is 0 Å². The van der Waals surface area contributed by atoms with Gasteiger partial charge in [-0.1, -0.05) is 24.3 Å². The minimum Gasteiger partial charge on any atom is -0.506 e. The molecule has 0 radical (unpaired) electrons. The molecule has 5 N–H and O–H groups in total. The molecule has 0 fully saturated rings. The zero-order chi connectivity index (χ0) is 30.4. The number of phenolic OH excluding ortho intramolecular Hbond substituents is 1. The molecular formula is C30H39FN4O6. The summed E-state index contributed by atoms with van der Waals surface area (Å²) in [6.45, 7) is 10.9. The number of ether oxygens (including phenoxy) is 2. The summed E-state index contributed by atoms with van der Waals surface area (Å²) in [6.07, 6.45) is -0.290. The number of hydrogen-bond donors (Lipinski definition) is 5. The number of amides is 3. The smallest absolute Gasteiger partial charge is 0.407 e. The maximum absolute atomic E-state index is 13.6. The van der Waals surface area contributed by atoms with Gasteiger partial charge in [0.2, 0.25) is 0 Å². The Morgan fingerprint density at radius 2 is 1.56 bits per heavy atom. The Morgan fingerprint density at radius 1 is 0.927 bits per heavy atom. The Kier molecular flexibility index (Phi) is 9.85. The predicted molar refractivity (Wildman–Crippen MR) is 154 cm³/mol. The Hall–Kier alpha value is -4.28. The number of carbonyl (C=O) groups is 3. The third-order valence-corrected chi connectivity index (χ3v) is 5.80. The van der Waals surface area contributed by atoms with Crippen molar-refractivity contribution in [1.82, 2.24) is 20.9 Å². The van der Waals surface area contributed by atoms with Gasteiger partial charge in [-0.25, -0.2) is 14.0 Å². The fourth-order valence-electron chi connectivity index (χ4n) is 4.15. The maximum atomic E-state index is 13.6. The molecule has 0 spiro atoms. The van der Waals surface area contributed by atoms with E-state index in [1.54, 1.807) is 65.8 Å². The molecule has 0 saturated carbocycles. The molecule has 3 amide bonds. The standard InChI is InChI=1S/C30H39FN4O6/c1-29(2,3)40-27(38)32-16-8-9-20(34-28(39)41-30(4,5)6)17-33-26(37)25-23(18-12-14-19(31)15-13-18)21-10-7-11-22(36)24(21)35-25/h7,10-15,20,35-36H,8-9,16-17H2,1-6H3,(H,32,38)(H,33,37)(H,34,39)/t20-/m0/s1. The van der Waals surface area contributed by atoms with Crippen molar-refractivity contribution in [2.24, 2.45) is 0 Å². The fourth-order valence-corrected chi connectivity index (χ4v) is 4.15. The molecule has 1 heterocycles. The lowest BCUT2D eigenvalue weighted by atomic mass is 10.0. The van der Waals surface area contributed by atoms with Crippen molar-refractivity contribution < 1.29 is 33.4 Å². The fraction of sp³-hybridized carbons (Fsp3) is 0.433. The normalized spacial score (nSPS) is 12.5. The van der Waals surface area contributed by atoms with E-state index in [0.29, 0.717) is 41.4 Å². The molecule has 1 aromatic heterocycles. The number of halogens is 1. The molecule has 10 nitrogen and oxygen atoms in total. The summed E-state index contributed by atoms with van der Waals surface area (Å²) in [6, 6.07) is 10.1. The monoisotopic (exact) mass is 570 g/mol. The minimum atomic E-state index is -0.716. The summed E-state index contributed by atoms with van der Waals surface area (Å²) >= 11 is 0. The number of nitrogens with one attached hydrogen (secondary N) is 4. The van der Waals surface area contributed by atoms with Crippen LogP contribution in [-0.4, -0.2) is 58.5 Å². The largest absolute Gasteiger partial charge is 0.506 e. The second kappa shape index (κ2) is 12.9. The summed E-state index contributed by atoms with van der Waals surface area (Å²) in [5, 5.41) is 19.3. The van der Waals surface area contributed by atoms with Crippen molar-refractivity contribution in [3.8, 4) is 16.9 Å². The van der Waals surface area contributed by atoms with Gasteiger partial charge >= 0.3 is 12.2 Å². The van der Waals surface area contributed by atoms with E-state index in [4.69, 9.17) is 9.47 Å². The van der Waals surface area contributed by atoms with Gasteiger partial charge in [-0.3, -0.25) is 4.79 Å². The van der Waals surface area contributed by atoms with Crippen molar-refractivity contribution in [3.05, 3.63) is 54.0 Å². The lowest BCUT2D eigenvalue weighted by molar-refractivity contribution is 0.0487. The number of para-hydroxylation sites is 1. The number of aromatic amines is 1. The quantitative estimate of drug-likeness (QED) is 0.212. The Labute approximate surface area is 239 Å². The summed E-state index contributed by atoms with van der Waals surface area (Å²) in [4.78, 5) is 40.9. The van der Waals surface area contributed by atoms with Gasteiger partial charge in [0.1, 0.15) is 28.5 Å². The summed E-state index contributed by atoms with van der Waals surface area (Å²) in [5.41, 5.74) is 0.300. The number of carbonyl (C=O) groups excluding carboxylic acids is 3. The number of fused-ring (bicyclic) bond motifs is 1. The van der Waals surface area contributed by atoms with Gasteiger partial charge in [0, 0.05) is 30.1 Å². The van der Waals surface area contributed by atoms with Gasteiger partial charge in [0.25, 0.3) is 5.91 Å². The molecular weight excluding hydrogens is 531 g/mol. The Bertz CT molecular complexity index is 1370. The number of H-pyrrole nitrogens is 1. The predicted octanol–water partition coefficient (Wildman–Crippen LogP) is 5.61. The highest BCUT2D eigenvalue weighted by Crippen LogP contribution is 2.36. The van der Waals surface area contributed by atoms with Crippen LogP contribution >= 0.6 is 0 Å². The molecule has 3 rings (SSSR count). The van der Waals surface area contributed by atoms with Gasteiger partial charge in [-0.2, -0.15) is 0 Å². The first kappa shape index (κ1) is 31.3. The van der Waals surface area contributed by atoms with E-state index in [0.717, 1.165) is 0 Å². The molecule has 0 aliphatic carbocycles. The summed E-state index contributed by atoms with van der Waals surface area (Å²) in [5.74, 6) is -0.936. The van der Waals surface area contributed by atoms with Crippen LogP contribution in [0.2, 0.25) is 0 Å². The number of benzene rings is 2. The van der Waals surface area contributed by atoms with Crippen LogP contribution in [0.25, 0.3) is 22.0 Å². The van der Waals surface area contributed by atoms with Gasteiger partial charge < -0.3 is 35.5 Å². The highest BCUT2D eigenvalue weighted by molar-refractivity contribution is 6.10. The second-order valence-electron chi connectivity index (χ2n) is 11.7.